The fraction of sp³-hybridized carbons (Fsp3) is 0.700. The first kappa shape index (κ1) is 20.7. The van der Waals surface area contributed by atoms with Crippen molar-refractivity contribution >= 4 is 10.0 Å². The smallest absolute Gasteiger partial charge is 0.216 e. The number of hydrogen-bond donors (Lipinski definition) is 3. The van der Waals surface area contributed by atoms with Crippen LogP contribution in [0.5, 0.6) is 0 Å². The second-order valence-electron chi connectivity index (χ2n) is 8.02. The van der Waals surface area contributed by atoms with Crippen LogP contribution in [0.3, 0.4) is 0 Å². The summed E-state index contributed by atoms with van der Waals surface area (Å²) in [6, 6.07) is 8.60. The third kappa shape index (κ3) is 5.99. The van der Waals surface area contributed by atoms with E-state index < -0.39 is 10.0 Å². The fourth-order valence-electron chi connectivity index (χ4n) is 4.30. The van der Waals surface area contributed by atoms with E-state index >= 15 is 0 Å². The molecule has 152 valence electrons. The Bertz CT molecular complexity index is 702. The molecule has 0 spiro atoms. The van der Waals surface area contributed by atoms with Crippen LogP contribution in [0.1, 0.15) is 44.2 Å². The van der Waals surface area contributed by atoms with E-state index in [1.807, 2.05) is 38.1 Å². The summed E-state index contributed by atoms with van der Waals surface area (Å²) in [7, 11) is -3.33. The average Bonchev–Trinajstić information content (AvgIpc) is 3.09. The van der Waals surface area contributed by atoms with E-state index in [-0.39, 0.29) is 11.8 Å². The molecule has 3 unspecified atom stereocenters. The van der Waals surface area contributed by atoms with Gasteiger partial charge in [0.1, 0.15) is 0 Å². The maximum Gasteiger partial charge on any atom is 0.216 e. The highest BCUT2D eigenvalue weighted by atomic mass is 32.2. The van der Waals surface area contributed by atoms with Crippen molar-refractivity contribution in [2.75, 3.05) is 19.8 Å². The highest BCUT2D eigenvalue weighted by Crippen LogP contribution is 2.30. The predicted octanol–water partition coefficient (Wildman–Crippen LogP) is 1.76. The van der Waals surface area contributed by atoms with Crippen LogP contribution in [-0.4, -0.2) is 46.3 Å². The van der Waals surface area contributed by atoms with Gasteiger partial charge < -0.3 is 15.4 Å². The molecule has 0 aromatic heterocycles. The predicted molar refractivity (Wildman–Crippen MR) is 108 cm³/mol. The van der Waals surface area contributed by atoms with E-state index in [2.05, 4.69) is 15.4 Å². The van der Waals surface area contributed by atoms with Gasteiger partial charge >= 0.3 is 0 Å². The van der Waals surface area contributed by atoms with Gasteiger partial charge in [0.15, 0.2) is 0 Å². The largest absolute Gasteiger partial charge is 0.379 e. The Balaban J connectivity index is 1.62. The summed E-state index contributed by atoms with van der Waals surface area (Å²) in [5.41, 5.74) is 1.93. The standard InChI is InChI=1S/C20H33N3O3S/c1-15(2)23-27(24,25)14-17-7-4-3-6-16(17)12-22-19-9-5-8-18(19)20-13-26-11-10-21-20/h3-4,6-7,15,18-23H,5,8-14H2,1-2H3. The zero-order chi connectivity index (χ0) is 19.3. The molecule has 0 amide bonds. The fourth-order valence-corrected chi connectivity index (χ4v) is 5.79. The second kappa shape index (κ2) is 9.47. The SMILES string of the molecule is CC(C)NS(=O)(=O)Cc1ccccc1CNC1CCCC1C1COCCN1. The molecular weight excluding hydrogens is 362 g/mol. The molecule has 1 heterocycles. The van der Waals surface area contributed by atoms with Gasteiger partial charge in [-0.25, -0.2) is 13.1 Å². The van der Waals surface area contributed by atoms with E-state index in [0.717, 1.165) is 37.3 Å². The topological polar surface area (TPSA) is 79.5 Å². The van der Waals surface area contributed by atoms with Crippen LogP contribution in [0.2, 0.25) is 0 Å². The molecule has 0 bridgehead atoms. The van der Waals surface area contributed by atoms with Crippen molar-refractivity contribution < 1.29 is 13.2 Å². The van der Waals surface area contributed by atoms with Crippen molar-refractivity contribution in [3.63, 3.8) is 0 Å². The number of nitrogens with one attached hydrogen (secondary N) is 3. The highest BCUT2D eigenvalue weighted by molar-refractivity contribution is 7.88. The molecule has 1 saturated heterocycles. The first-order chi connectivity index (χ1) is 12.9. The highest BCUT2D eigenvalue weighted by Gasteiger charge is 2.34. The molecule has 1 aromatic carbocycles. The minimum absolute atomic E-state index is 0.0230. The van der Waals surface area contributed by atoms with Gasteiger partial charge in [0.25, 0.3) is 0 Å². The van der Waals surface area contributed by atoms with E-state index in [0.29, 0.717) is 24.5 Å². The van der Waals surface area contributed by atoms with Gasteiger partial charge in [0.2, 0.25) is 10.0 Å². The second-order valence-corrected chi connectivity index (χ2v) is 9.77. The summed E-state index contributed by atoms with van der Waals surface area (Å²) in [5.74, 6) is 0.596. The number of ether oxygens (including phenoxy) is 1. The van der Waals surface area contributed by atoms with Gasteiger partial charge in [0, 0.05) is 31.2 Å². The minimum atomic E-state index is -3.33. The van der Waals surface area contributed by atoms with Crippen molar-refractivity contribution in [1.82, 2.24) is 15.4 Å². The van der Waals surface area contributed by atoms with Crippen molar-refractivity contribution in [1.29, 1.82) is 0 Å². The summed E-state index contributed by atoms with van der Waals surface area (Å²) in [6.07, 6.45) is 3.61. The summed E-state index contributed by atoms with van der Waals surface area (Å²) in [5, 5.41) is 7.30. The van der Waals surface area contributed by atoms with E-state index in [1.54, 1.807) is 0 Å². The first-order valence-corrected chi connectivity index (χ1v) is 11.7. The molecule has 1 aliphatic carbocycles. The van der Waals surface area contributed by atoms with E-state index in [1.165, 1.54) is 12.8 Å². The number of rotatable bonds is 8. The Hall–Kier alpha value is -0.990. The zero-order valence-corrected chi connectivity index (χ0v) is 17.2. The van der Waals surface area contributed by atoms with Crippen molar-refractivity contribution in [3.8, 4) is 0 Å². The Kier molecular flexibility index (Phi) is 7.28. The number of hydrogen-bond acceptors (Lipinski definition) is 5. The molecule has 27 heavy (non-hydrogen) atoms. The quantitative estimate of drug-likeness (QED) is 0.625. The molecule has 1 saturated carbocycles. The van der Waals surface area contributed by atoms with Crippen molar-refractivity contribution in [2.45, 2.75) is 63.5 Å². The Labute approximate surface area is 163 Å². The third-order valence-electron chi connectivity index (χ3n) is 5.47. The van der Waals surface area contributed by atoms with Crippen molar-refractivity contribution in [2.24, 2.45) is 5.92 Å². The Morgan fingerprint density at radius 3 is 2.70 bits per heavy atom. The lowest BCUT2D eigenvalue weighted by Gasteiger charge is -2.33. The molecule has 3 N–H and O–H groups in total. The van der Waals surface area contributed by atoms with E-state index in [4.69, 9.17) is 4.74 Å². The molecule has 2 fully saturated rings. The lowest BCUT2D eigenvalue weighted by molar-refractivity contribution is 0.0524. The lowest BCUT2D eigenvalue weighted by atomic mass is 9.93. The van der Waals surface area contributed by atoms with Crippen LogP contribution in [0.15, 0.2) is 24.3 Å². The number of sulfonamides is 1. The summed E-state index contributed by atoms with van der Waals surface area (Å²) >= 11 is 0. The number of benzene rings is 1. The Morgan fingerprint density at radius 2 is 2.00 bits per heavy atom. The number of morpholine rings is 1. The van der Waals surface area contributed by atoms with Crippen LogP contribution in [0.25, 0.3) is 0 Å². The van der Waals surface area contributed by atoms with Crippen LogP contribution >= 0.6 is 0 Å². The zero-order valence-electron chi connectivity index (χ0n) is 16.4. The van der Waals surface area contributed by atoms with Gasteiger partial charge in [-0.05, 0) is 43.7 Å². The third-order valence-corrected chi connectivity index (χ3v) is 6.99. The lowest BCUT2D eigenvalue weighted by Crippen LogP contribution is -2.50. The monoisotopic (exact) mass is 395 g/mol. The van der Waals surface area contributed by atoms with Gasteiger partial charge in [-0.2, -0.15) is 0 Å². The normalized spacial score (nSPS) is 26.6. The van der Waals surface area contributed by atoms with Gasteiger partial charge in [-0.15, -0.1) is 0 Å². The minimum Gasteiger partial charge on any atom is -0.379 e. The summed E-state index contributed by atoms with van der Waals surface area (Å²) in [4.78, 5) is 0. The molecule has 3 atom stereocenters. The van der Waals surface area contributed by atoms with Crippen LogP contribution in [0.4, 0.5) is 0 Å². The molecule has 7 heteroatoms. The van der Waals surface area contributed by atoms with Crippen LogP contribution < -0.4 is 15.4 Å². The van der Waals surface area contributed by atoms with Gasteiger partial charge in [-0.1, -0.05) is 30.7 Å². The van der Waals surface area contributed by atoms with Gasteiger partial charge in [-0.3, -0.25) is 0 Å². The average molecular weight is 396 g/mol. The molecule has 0 radical (unpaired) electrons. The molecule has 6 nitrogen and oxygen atoms in total. The molecular formula is C20H33N3O3S. The molecule has 1 aliphatic heterocycles. The maximum absolute atomic E-state index is 12.3. The Morgan fingerprint density at radius 1 is 1.22 bits per heavy atom. The van der Waals surface area contributed by atoms with Crippen LogP contribution in [-0.2, 0) is 27.1 Å². The summed E-state index contributed by atoms with van der Waals surface area (Å²) in [6.45, 7) is 6.90. The molecule has 3 rings (SSSR count). The van der Waals surface area contributed by atoms with E-state index in [9.17, 15) is 8.42 Å². The maximum atomic E-state index is 12.3. The van der Waals surface area contributed by atoms with Crippen molar-refractivity contribution in [3.05, 3.63) is 35.4 Å². The van der Waals surface area contributed by atoms with Crippen LogP contribution in [0, 0.1) is 5.92 Å². The summed E-state index contributed by atoms with van der Waals surface area (Å²) < 4.78 is 33.0. The first-order valence-electron chi connectivity index (χ1n) is 10.1. The molecule has 1 aromatic rings. The van der Waals surface area contributed by atoms with Gasteiger partial charge in [0.05, 0.1) is 19.0 Å². The molecule has 2 aliphatic rings.